The van der Waals surface area contributed by atoms with E-state index in [2.05, 4.69) is 37.0 Å². The maximum Gasteiger partial charge on any atom is 0.212 e. The number of nitrogens with zero attached hydrogens (tertiary/aromatic N) is 2. The van der Waals surface area contributed by atoms with Crippen LogP contribution in [0.3, 0.4) is 0 Å². The average molecular weight is 358 g/mol. The Balaban J connectivity index is 2.48. The van der Waals surface area contributed by atoms with Gasteiger partial charge in [-0.05, 0) is 46.6 Å². The Morgan fingerprint density at radius 3 is 2.53 bits per heavy atom. The highest BCUT2D eigenvalue weighted by atomic mass is 79.9. The molecule has 1 heterocycles. The number of rotatable bonds is 2. The quantitative estimate of drug-likeness (QED) is 0.771. The van der Waals surface area contributed by atoms with Gasteiger partial charge in [0.25, 0.3) is 0 Å². The molecule has 0 amide bonds. The number of hydrogen-bond acceptors (Lipinski definition) is 2. The van der Waals surface area contributed by atoms with Gasteiger partial charge in [-0.25, -0.2) is 0 Å². The van der Waals surface area contributed by atoms with Crippen molar-refractivity contribution in [3.8, 4) is 0 Å². The van der Waals surface area contributed by atoms with Crippen molar-refractivity contribution in [3.05, 3.63) is 50.2 Å². The van der Waals surface area contributed by atoms with E-state index in [4.69, 9.17) is 0 Å². The van der Waals surface area contributed by atoms with Crippen LogP contribution in [-0.2, 0) is 7.05 Å². The predicted octanol–water partition coefficient (Wildman–Crippen LogP) is 3.48. The fourth-order valence-corrected chi connectivity index (χ4v) is 2.36. The summed E-state index contributed by atoms with van der Waals surface area (Å²) in [5.41, 5.74) is 2.26. The first-order chi connectivity index (χ1) is 8.00. The van der Waals surface area contributed by atoms with Gasteiger partial charge < -0.3 is 0 Å². The zero-order chi connectivity index (χ0) is 12.6. The van der Waals surface area contributed by atoms with Crippen molar-refractivity contribution in [1.29, 1.82) is 0 Å². The molecule has 0 unspecified atom stereocenters. The fourth-order valence-electron chi connectivity index (χ4n) is 1.59. The molecule has 2 aromatic rings. The van der Waals surface area contributed by atoms with E-state index in [1.807, 2.05) is 19.1 Å². The van der Waals surface area contributed by atoms with Crippen LogP contribution in [0.25, 0.3) is 0 Å². The molecule has 1 aromatic carbocycles. The van der Waals surface area contributed by atoms with Crippen LogP contribution in [-0.4, -0.2) is 15.6 Å². The second kappa shape index (κ2) is 4.74. The van der Waals surface area contributed by atoms with Gasteiger partial charge in [0.05, 0.1) is 10.7 Å². The summed E-state index contributed by atoms with van der Waals surface area (Å²) < 4.78 is 3.28. The Morgan fingerprint density at radius 1 is 1.29 bits per heavy atom. The minimum Gasteiger partial charge on any atom is -0.287 e. The van der Waals surface area contributed by atoms with Crippen molar-refractivity contribution in [2.45, 2.75) is 6.92 Å². The van der Waals surface area contributed by atoms with Crippen LogP contribution >= 0.6 is 31.9 Å². The highest BCUT2D eigenvalue weighted by molar-refractivity contribution is 9.10. The molecule has 0 aliphatic rings. The average Bonchev–Trinajstić information content (AvgIpc) is 2.62. The molecule has 1 aromatic heterocycles. The van der Waals surface area contributed by atoms with Crippen molar-refractivity contribution in [2.75, 3.05) is 0 Å². The Morgan fingerprint density at radius 2 is 2.00 bits per heavy atom. The second-order valence-corrected chi connectivity index (χ2v) is 5.47. The number of benzene rings is 1. The first-order valence-electron chi connectivity index (χ1n) is 4.99. The lowest BCUT2D eigenvalue weighted by molar-refractivity contribution is 0.102. The zero-order valence-electron chi connectivity index (χ0n) is 9.37. The molecule has 0 fully saturated rings. The molecule has 0 N–H and O–H groups in total. The summed E-state index contributed by atoms with van der Waals surface area (Å²) in [5, 5.41) is 4.04. The lowest BCUT2D eigenvalue weighted by Gasteiger charge is -2.05. The molecule has 3 nitrogen and oxygen atoms in total. The van der Waals surface area contributed by atoms with Gasteiger partial charge in [0.1, 0.15) is 5.69 Å². The van der Waals surface area contributed by atoms with Crippen LogP contribution in [0.2, 0.25) is 0 Å². The molecule has 0 aliphatic carbocycles. The third kappa shape index (κ3) is 2.35. The number of aryl methyl sites for hydroxylation is 2. The SMILES string of the molecule is Cc1cc(C(=O)c2c(Br)cnn2C)ccc1Br. The van der Waals surface area contributed by atoms with Crippen molar-refractivity contribution in [1.82, 2.24) is 9.78 Å². The number of carbonyl (C=O) groups is 1. The van der Waals surface area contributed by atoms with Gasteiger partial charge in [-0.15, -0.1) is 0 Å². The summed E-state index contributed by atoms with van der Waals surface area (Å²) in [5.74, 6) is -0.0347. The van der Waals surface area contributed by atoms with E-state index in [9.17, 15) is 4.79 Å². The third-order valence-electron chi connectivity index (χ3n) is 2.53. The van der Waals surface area contributed by atoms with Crippen molar-refractivity contribution < 1.29 is 4.79 Å². The van der Waals surface area contributed by atoms with Crippen molar-refractivity contribution in [2.24, 2.45) is 7.05 Å². The lowest BCUT2D eigenvalue weighted by atomic mass is 10.1. The maximum atomic E-state index is 12.3. The van der Waals surface area contributed by atoms with E-state index in [0.717, 1.165) is 10.0 Å². The van der Waals surface area contributed by atoms with Crippen LogP contribution in [0.15, 0.2) is 33.3 Å². The van der Waals surface area contributed by atoms with E-state index < -0.39 is 0 Å². The van der Waals surface area contributed by atoms with Crippen LogP contribution < -0.4 is 0 Å². The largest absolute Gasteiger partial charge is 0.287 e. The van der Waals surface area contributed by atoms with Gasteiger partial charge in [-0.1, -0.05) is 15.9 Å². The fraction of sp³-hybridized carbons (Fsp3) is 0.167. The number of halogens is 2. The van der Waals surface area contributed by atoms with Gasteiger partial charge in [0.15, 0.2) is 0 Å². The van der Waals surface area contributed by atoms with E-state index in [0.29, 0.717) is 15.7 Å². The molecule has 17 heavy (non-hydrogen) atoms. The molecule has 2 rings (SSSR count). The van der Waals surface area contributed by atoms with Crippen LogP contribution in [0, 0.1) is 6.92 Å². The van der Waals surface area contributed by atoms with Crippen molar-refractivity contribution in [3.63, 3.8) is 0 Å². The number of aromatic nitrogens is 2. The van der Waals surface area contributed by atoms with E-state index in [1.54, 1.807) is 24.0 Å². The smallest absolute Gasteiger partial charge is 0.212 e. The first-order valence-corrected chi connectivity index (χ1v) is 6.57. The summed E-state index contributed by atoms with van der Waals surface area (Å²) in [6.45, 7) is 1.96. The predicted molar refractivity (Wildman–Crippen MR) is 73.2 cm³/mol. The lowest BCUT2D eigenvalue weighted by Crippen LogP contribution is -2.09. The number of hydrogen-bond donors (Lipinski definition) is 0. The third-order valence-corrected chi connectivity index (χ3v) is 4.00. The topological polar surface area (TPSA) is 34.9 Å². The molecule has 0 spiro atoms. The molecule has 0 radical (unpaired) electrons. The maximum absolute atomic E-state index is 12.3. The van der Waals surface area contributed by atoms with E-state index in [1.165, 1.54) is 0 Å². The van der Waals surface area contributed by atoms with Crippen LogP contribution in [0.4, 0.5) is 0 Å². The second-order valence-electron chi connectivity index (χ2n) is 3.76. The summed E-state index contributed by atoms with van der Waals surface area (Å²) >= 11 is 6.75. The summed E-state index contributed by atoms with van der Waals surface area (Å²) in [6.07, 6.45) is 1.62. The van der Waals surface area contributed by atoms with Gasteiger partial charge in [0, 0.05) is 17.1 Å². The monoisotopic (exact) mass is 356 g/mol. The van der Waals surface area contributed by atoms with Crippen LogP contribution in [0.1, 0.15) is 21.6 Å². The molecule has 0 bridgehead atoms. The number of ketones is 1. The normalized spacial score (nSPS) is 10.6. The Kier molecular flexibility index (Phi) is 3.49. The Labute approximate surface area is 116 Å². The van der Waals surface area contributed by atoms with Crippen molar-refractivity contribution >= 4 is 37.6 Å². The molecular formula is C12H10Br2N2O. The standard InChI is InChI=1S/C12H10Br2N2O/c1-7-5-8(3-4-9(7)13)12(17)11-10(14)6-15-16(11)2/h3-6H,1-2H3. The summed E-state index contributed by atoms with van der Waals surface area (Å²) in [7, 11) is 1.75. The minimum atomic E-state index is -0.0347. The molecule has 0 saturated heterocycles. The number of carbonyl (C=O) groups excluding carboxylic acids is 1. The Hall–Kier alpha value is -0.940. The van der Waals surface area contributed by atoms with Crippen LogP contribution in [0.5, 0.6) is 0 Å². The van der Waals surface area contributed by atoms with E-state index in [-0.39, 0.29) is 5.78 Å². The van der Waals surface area contributed by atoms with Gasteiger partial charge in [-0.3, -0.25) is 9.48 Å². The van der Waals surface area contributed by atoms with Gasteiger partial charge >= 0.3 is 0 Å². The van der Waals surface area contributed by atoms with Gasteiger partial charge in [0.2, 0.25) is 5.78 Å². The molecule has 5 heteroatoms. The molecule has 0 aliphatic heterocycles. The minimum absolute atomic E-state index is 0.0347. The summed E-state index contributed by atoms with van der Waals surface area (Å²) in [4.78, 5) is 12.3. The van der Waals surface area contributed by atoms with Gasteiger partial charge in [-0.2, -0.15) is 5.10 Å². The van der Waals surface area contributed by atoms with E-state index >= 15 is 0 Å². The highest BCUT2D eigenvalue weighted by Gasteiger charge is 2.17. The summed E-state index contributed by atoms with van der Waals surface area (Å²) in [6, 6.07) is 5.55. The molecule has 0 saturated carbocycles. The zero-order valence-corrected chi connectivity index (χ0v) is 12.5. The first kappa shape index (κ1) is 12.5. The molecule has 88 valence electrons. The molecular weight excluding hydrogens is 348 g/mol. The highest BCUT2D eigenvalue weighted by Crippen LogP contribution is 2.22. The molecule has 0 atom stereocenters. The Bertz CT molecular complexity index is 571.